The summed E-state index contributed by atoms with van der Waals surface area (Å²) in [7, 11) is 0. The molecule has 0 amide bonds. The fourth-order valence-electron chi connectivity index (χ4n) is 1.20. The lowest BCUT2D eigenvalue weighted by atomic mass is 10.0. The molecule has 0 saturated heterocycles. The molecule has 0 spiro atoms. The Labute approximate surface area is 86.7 Å². The zero-order valence-corrected chi connectivity index (χ0v) is 9.00. The molecule has 0 fully saturated rings. The van der Waals surface area contributed by atoms with Crippen LogP contribution in [0.25, 0.3) is 0 Å². The van der Waals surface area contributed by atoms with Gasteiger partial charge in [-0.25, -0.2) is 8.78 Å². The molecule has 4 heteroatoms. The summed E-state index contributed by atoms with van der Waals surface area (Å²) < 4.78 is 26.6. The smallest absolute Gasteiger partial charge is 0.140 e. The van der Waals surface area contributed by atoms with Crippen LogP contribution in [0.2, 0.25) is 0 Å². The number of rotatable bonds is 3. The molecule has 78 valence electrons. The minimum atomic E-state index is -0.507. The van der Waals surface area contributed by atoms with E-state index in [1.54, 1.807) is 6.26 Å². The Morgan fingerprint density at radius 1 is 1.36 bits per heavy atom. The summed E-state index contributed by atoms with van der Waals surface area (Å²) in [5.74, 6) is -1.03. The predicted molar refractivity (Wildman–Crippen MR) is 55.6 cm³/mol. The lowest BCUT2D eigenvalue weighted by molar-refractivity contribution is 0.534. The van der Waals surface area contributed by atoms with Gasteiger partial charge < -0.3 is 5.73 Å². The summed E-state index contributed by atoms with van der Waals surface area (Å²) in [5, 5.41) is 0. The molecule has 1 unspecified atom stereocenters. The number of benzene rings is 1. The van der Waals surface area contributed by atoms with Crippen LogP contribution in [0.4, 0.5) is 8.78 Å². The average Bonchev–Trinajstić information content (AvgIpc) is 2.16. The lowest BCUT2D eigenvalue weighted by Gasteiger charge is -2.11. The molecule has 0 radical (unpaired) electrons. The van der Waals surface area contributed by atoms with Crippen LogP contribution in [-0.2, 0) is 0 Å². The first-order chi connectivity index (χ1) is 6.60. The molecule has 1 aromatic rings. The summed E-state index contributed by atoms with van der Waals surface area (Å²) in [5.41, 5.74) is 6.04. The molecule has 0 aliphatic carbocycles. The number of hydrogen-bond acceptors (Lipinski definition) is 2. The van der Waals surface area contributed by atoms with Crippen LogP contribution in [0.5, 0.6) is 0 Å². The van der Waals surface area contributed by atoms with E-state index < -0.39 is 11.6 Å². The van der Waals surface area contributed by atoms with Gasteiger partial charge in [0.2, 0.25) is 0 Å². The lowest BCUT2D eigenvalue weighted by Crippen LogP contribution is -2.09. The molecular weight excluding hydrogens is 204 g/mol. The van der Waals surface area contributed by atoms with Gasteiger partial charge in [-0.15, -0.1) is 11.8 Å². The SMILES string of the molecule is CSc1c(F)cc(C(C)CN)cc1F. The Hall–Kier alpha value is -0.610. The molecule has 1 atom stereocenters. The molecule has 0 aromatic heterocycles. The van der Waals surface area contributed by atoms with Gasteiger partial charge in [-0.2, -0.15) is 0 Å². The average molecular weight is 217 g/mol. The van der Waals surface area contributed by atoms with Crippen LogP contribution < -0.4 is 5.73 Å². The van der Waals surface area contributed by atoms with Crippen molar-refractivity contribution in [1.29, 1.82) is 0 Å². The van der Waals surface area contributed by atoms with Crippen LogP contribution in [-0.4, -0.2) is 12.8 Å². The summed E-state index contributed by atoms with van der Waals surface area (Å²) in [6, 6.07) is 2.71. The maximum Gasteiger partial charge on any atom is 0.140 e. The zero-order chi connectivity index (χ0) is 10.7. The van der Waals surface area contributed by atoms with Crippen LogP contribution >= 0.6 is 11.8 Å². The van der Waals surface area contributed by atoms with Gasteiger partial charge >= 0.3 is 0 Å². The predicted octanol–water partition coefficient (Wildman–Crippen LogP) is 2.75. The standard InChI is InChI=1S/C10H13F2NS/c1-6(5-13)7-3-8(11)10(14-2)9(12)4-7/h3-4,6H,5,13H2,1-2H3. The van der Waals surface area contributed by atoms with Crippen molar-refractivity contribution >= 4 is 11.8 Å². The van der Waals surface area contributed by atoms with E-state index in [1.807, 2.05) is 6.92 Å². The molecular formula is C10H13F2NS. The topological polar surface area (TPSA) is 26.0 Å². The Kier molecular flexibility index (Phi) is 3.89. The number of thioether (sulfide) groups is 1. The third-order valence-corrected chi connectivity index (χ3v) is 2.95. The van der Waals surface area contributed by atoms with E-state index in [0.29, 0.717) is 12.1 Å². The first-order valence-corrected chi connectivity index (χ1v) is 5.55. The maximum absolute atomic E-state index is 13.3. The Balaban J connectivity index is 3.13. The van der Waals surface area contributed by atoms with Crippen molar-refractivity contribution in [1.82, 2.24) is 0 Å². The van der Waals surface area contributed by atoms with E-state index in [-0.39, 0.29) is 10.8 Å². The fourth-order valence-corrected chi connectivity index (χ4v) is 1.70. The molecule has 0 aliphatic rings. The van der Waals surface area contributed by atoms with Gasteiger partial charge in [-0.1, -0.05) is 6.92 Å². The minimum absolute atomic E-state index is 0.0186. The molecule has 0 heterocycles. The van der Waals surface area contributed by atoms with Crippen molar-refractivity contribution in [3.63, 3.8) is 0 Å². The summed E-state index contributed by atoms with van der Waals surface area (Å²) >= 11 is 1.07. The quantitative estimate of drug-likeness (QED) is 0.788. The van der Waals surface area contributed by atoms with Crippen molar-refractivity contribution in [2.45, 2.75) is 17.7 Å². The third-order valence-electron chi connectivity index (χ3n) is 2.15. The van der Waals surface area contributed by atoms with Crippen LogP contribution in [0, 0.1) is 11.6 Å². The second-order valence-corrected chi connectivity index (χ2v) is 3.97. The van der Waals surface area contributed by atoms with Crippen molar-refractivity contribution in [2.24, 2.45) is 5.73 Å². The highest BCUT2D eigenvalue weighted by Crippen LogP contribution is 2.26. The van der Waals surface area contributed by atoms with E-state index >= 15 is 0 Å². The highest BCUT2D eigenvalue weighted by molar-refractivity contribution is 7.98. The van der Waals surface area contributed by atoms with Crippen molar-refractivity contribution < 1.29 is 8.78 Å². The molecule has 14 heavy (non-hydrogen) atoms. The molecule has 0 bridgehead atoms. The van der Waals surface area contributed by atoms with Crippen molar-refractivity contribution in [3.8, 4) is 0 Å². The van der Waals surface area contributed by atoms with Gasteiger partial charge in [0.05, 0.1) is 4.90 Å². The Morgan fingerprint density at radius 2 is 1.86 bits per heavy atom. The monoisotopic (exact) mass is 217 g/mol. The van der Waals surface area contributed by atoms with Gasteiger partial charge in [-0.3, -0.25) is 0 Å². The van der Waals surface area contributed by atoms with Gasteiger partial charge in [0.1, 0.15) is 11.6 Å². The van der Waals surface area contributed by atoms with Crippen LogP contribution in [0.1, 0.15) is 18.4 Å². The largest absolute Gasteiger partial charge is 0.330 e. The molecule has 0 aliphatic heterocycles. The van der Waals surface area contributed by atoms with Gasteiger partial charge in [0.15, 0.2) is 0 Å². The molecule has 0 saturated carbocycles. The minimum Gasteiger partial charge on any atom is -0.330 e. The second-order valence-electron chi connectivity index (χ2n) is 3.15. The van der Waals surface area contributed by atoms with Crippen molar-refractivity contribution in [3.05, 3.63) is 29.3 Å². The summed E-state index contributed by atoms with van der Waals surface area (Å²) in [6.45, 7) is 2.23. The van der Waals surface area contributed by atoms with E-state index in [1.165, 1.54) is 12.1 Å². The third kappa shape index (κ3) is 2.25. The van der Waals surface area contributed by atoms with Crippen LogP contribution in [0.3, 0.4) is 0 Å². The molecule has 1 aromatic carbocycles. The Bertz CT molecular complexity index is 305. The van der Waals surface area contributed by atoms with Crippen molar-refractivity contribution in [2.75, 3.05) is 12.8 Å². The first-order valence-electron chi connectivity index (χ1n) is 4.33. The molecule has 2 N–H and O–H groups in total. The summed E-state index contributed by atoms with van der Waals surface area (Å²) in [6.07, 6.45) is 1.65. The van der Waals surface area contributed by atoms with E-state index in [9.17, 15) is 8.78 Å². The zero-order valence-electron chi connectivity index (χ0n) is 8.18. The number of nitrogens with two attached hydrogens (primary N) is 1. The van der Waals surface area contributed by atoms with E-state index in [2.05, 4.69) is 0 Å². The molecule has 1 rings (SSSR count). The van der Waals surface area contributed by atoms with Crippen LogP contribution in [0.15, 0.2) is 17.0 Å². The second kappa shape index (κ2) is 4.75. The van der Waals surface area contributed by atoms with Gasteiger partial charge in [-0.05, 0) is 36.4 Å². The fraction of sp³-hybridized carbons (Fsp3) is 0.400. The maximum atomic E-state index is 13.3. The highest BCUT2D eigenvalue weighted by atomic mass is 32.2. The normalized spacial score (nSPS) is 12.9. The first kappa shape index (κ1) is 11.5. The summed E-state index contributed by atoms with van der Waals surface area (Å²) in [4.78, 5) is 0.0676. The molecule has 1 nitrogen and oxygen atoms in total. The Morgan fingerprint density at radius 3 is 2.21 bits per heavy atom. The van der Waals surface area contributed by atoms with E-state index in [4.69, 9.17) is 5.73 Å². The number of hydrogen-bond donors (Lipinski definition) is 1. The van der Waals surface area contributed by atoms with Gasteiger partial charge in [0.25, 0.3) is 0 Å². The highest BCUT2D eigenvalue weighted by Gasteiger charge is 2.12. The van der Waals surface area contributed by atoms with E-state index in [0.717, 1.165) is 11.8 Å². The van der Waals surface area contributed by atoms with Gasteiger partial charge in [0, 0.05) is 0 Å². The number of halogens is 2.